The lowest BCUT2D eigenvalue weighted by molar-refractivity contribution is 0.0921. The molecule has 5 nitrogen and oxygen atoms in total. The van der Waals surface area contributed by atoms with Gasteiger partial charge in [0.2, 0.25) is 0 Å². The second kappa shape index (κ2) is 9.37. The van der Waals surface area contributed by atoms with Crippen LogP contribution in [-0.2, 0) is 23.1 Å². The van der Waals surface area contributed by atoms with Gasteiger partial charge in [-0.3, -0.25) is 9.00 Å². The van der Waals surface area contributed by atoms with E-state index in [-0.39, 0.29) is 17.4 Å². The summed E-state index contributed by atoms with van der Waals surface area (Å²) in [6, 6.07) is 18.4. The zero-order valence-electron chi connectivity index (χ0n) is 15.9. The Balaban J connectivity index is 1.55. The molecule has 0 aliphatic carbocycles. The molecule has 1 aromatic heterocycles. The normalized spacial score (nSPS) is 11.8. The summed E-state index contributed by atoms with van der Waals surface area (Å²) in [5, 5.41) is 2.82. The Morgan fingerprint density at radius 1 is 1.11 bits per heavy atom. The van der Waals surface area contributed by atoms with Crippen molar-refractivity contribution in [3.05, 3.63) is 83.3 Å². The fourth-order valence-corrected chi connectivity index (χ4v) is 3.81. The maximum atomic E-state index is 12.5. The van der Waals surface area contributed by atoms with E-state index in [0.29, 0.717) is 18.9 Å². The fourth-order valence-electron chi connectivity index (χ4n) is 2.69. The van der Waals surface area contributed by atoms with Crippen LogP contribution >= 0.6 is 0 Å². The van der Waals surface area contributed by atoms with Crippen molar-refractivity contribution in [2.75, 3.05) is 6.61 Å². The zero-order chi connectivity index (χ0) is 19.9. The van der Waals surface area contributed by atoms with E-state index >= 15 is 0 Å². The maximum Gasteiger partial charge on any atom is 0.287 e. The number of carbonyl (C=O) groups excluding carboxylic acids is 1. The third-order valence-corrected chi connectivity index (χ3v) is 5.43. The summed E-state index contributed by atoms with van der Waals surface area (Å²) in [7, 11) is -1.22. The van der Waals surface area contributed by atoms with E-state index in [4.69, 9.17) is 9.15 Å². The van der Waals surface area contributed by atoms with Gasteiger partial charge in [0.05, 0.1) is 23.2 Å². The summed E-state index contributed by atoms with van der Waals surface area (Å²) in [6.45, 7) is 4.89. The van der Waals surface area contributed by atoms with Gasteiger partial charge in [-0.05, 0) is 61.4 Å². The van der Waals surface area contributed by atoms with Crippen LogP contribution in [0.1, 0.15) is 34.4 Å². The van der Waals surface area contributed by atoms with Crippen LogP contribution in [0.4, 0.5) is 0 Å². The lowest BCUT2D eigenvalue weighted by Gasteiger charge is -2.06. The first-order chi connectivity index (χ1) is 13.5. The van der Waals surface area contributed by atoms with Crippen LogP contribution < -0.4 is 10.1 Å². The van der Waals surface area contributed by atoms with E-state index in [1.54, 1.807) is 12.1 Å². The minimum atomic E-state index is -1.22. The van der Waals surface area contributed by atoms with E-state index in [0.717, 1.165) is 21.8 Å². The van der Waals surface area contributed by atoms with Crippen LogP contribution in [0.2, 0.25) is 0 Å². The molecular weight excluding hydrogens is 374 g/mol. The monoisotopic (exact) mass is 397 g/mol. The summed E-state index contributed by atoms with van der Waals surface area (Å²) >= 11 is 0. The number of amides is 1. The first-order valence-corrected chi connectivity index (χ1v) is 10.4. The number of hydrogen-bond acceptors (Lipinski definition) is 4. The quantitative estimate of drug-likeness (QED) is 0.618. The highest BCUT2D eigenvalue weighted by Crippen LogP contribution is 2.17. The average molecular weight is 397 g/mol. The largest absolute Gasteiger partial charge is 0.494 e. The second-order valence-electron chi connectivity index (χ2n) is 6.33. The number of furan rings is 1. The highest BCUT2D eigenvalue weighted by Gasteiger charge is 2.13. The van der Waals surface area contributed by atoms with Crippen LogP contribution in [-0.4, -0.2) is 16.7 Å². The van der Waals surface area contributed by atoms with Crippen molar-refractivity contribution in [2.24, 2.45) is 0 Å². The molecule has 146 valence electrons. The Morgan fingerprint density at radius 2 is 1.89 bits per heavy atom. The van der Waals surface area contributed by atoms with Gasteiger partial charge in [0, 0.05) is 11.4 Å². The van der Waals surface area contributed by atoms with Gasteiger partial charge in [-0.2, -0.15) is 0 Å². The molecule has 1 N–H and O–H groups in total. The van der Waals surface area contributed by atoms with E-state index in [1.165, 1.54) is 0 Å². The molecule has 0 bridgehead atoms. The van der Waals surface area contributed by atoms with Gasteiger partial charge in [0.1, 0.15) is 11.5 Å². The lowest BCUT2D eigenvalue weighted by atomic mass is 10.2. The average Bonchev–Trinajstić information content (AvgIpc) is 3.16. The molecule has 3 aromatic rings. The third kappa shape index (κ3) is 5.33. The van der Waals surface area contributed by atoms with Gasteiger partial charge >= 0.3 is 0 Å². The highest BCUT2D eigenvalue weighted by molar-refractivity contribution is 7.84. The number of aryl methyl sites for hydroxylation is 1. The number of nitrogens with one attached hydrogen (secondary N) is 1. The first-order valence-electron chi connectivity index (χ1n) is 9.09. The molecule has 1 unspecified atom stereocenters. The number of carbonyl (C=O) groups is 1. The summed E-state index contributed by atoms with van der Waals surface area (Å²) in [5.74, 6) is 1.46. The number of rotatable bonds is 8. The topological polar surface area (TPSA) is 68.5 Å². The van der Waals surface area contributed by atoms with Crippen LogP contribution in [0.25, 0.3) is 0 Å². The molecule has 0 saturated heterocycles. The Bertz CT molecular complexity index is 963. The van der Waals surface area contributed by atoms with Crippen LogP contribution in [0.5, 0.6) is 5.75 Å². The Morgan fingerprint density at radius 3 is 2.61 bits per heavy atom. The summed E-state index contributed by atoms with van der Waals surface area (Å²) < 4.78 is 23.5. The summed E-state index contributed by atoms with van der Waals surface area (Å²) in [6.07, 6.45) is 0. The SMILES string of the molecule is CCOc1ccc(CNC(=O)c2ccc(CS(=O)c3cccc(C)c3)o2)cc1. The summed E-state index contributed by atoms with van der Waals surface area (Å²) in [5.41, 5.74) is 2.02. The number of ether oxygens (including phenoxy) is 1. The first kappa shape index (κ1) is 19.9. The van der Waals surface area contributed by atoms with Crippen molar-refractivity contribution >= 4 is 16.7 Å². The molecule has 2 aromatic carbocycles. The number of hydrogen-bond donors (Lipinski definition) is 1. The van der Waals surface area contributed by atoms with Gasteiger partial charge < -0.3 is 14.5 Å². The lowest BCUT2D eigenvalue weighted by Crippen LogP contribution is -2.22. The smallest absolute Gasteiger partial charge is 0.287 e. The maximum absolute atomic E-state index is 12.5. The van der Waals surface area contributed by atoms with Crippen molar-refractivity contribution in [1.29, 1.82) is 0 Å². The van der Waals surface area contributed by atoms with E-state index in [2.05, 4.69) is 5.32 Å². The van der Waals surface area contributed by atoms with Gasteiger partial charge in [0.15, 0.2) is 5.76 Å². The molecule has 0 radical (unpaired) electrons. The molecule has 0 saturated carbocycles. The van der Waals surface area contributed by atoms with Crippen LogP contribution in [0.15, 0.2) is 70.0 Å². The standard InChI is InChI=1S/C22H23NO4S/c1-3-26-18-9-7-17(8-10-18)14-23-22(24)21-12-11-19(27-21)15-28(25)20-6-4-5-16(2)13-20/h4-13H,3,14-15H2,1-2H3,(H,23,24). The molecule has 28 heavy (non-hydrogen) atoms. The van der Waals surface area contributed by atoms with Crippen molar-refractivity contribution in [3.8, 4) is 5.75 Å². The van der Waals surface area contributed by atoms with Gasteiger partial charge in [-0.15, -0.1) is 0 Å². The second-order valence-corrected chi connectivity index (χ2v) is 7.78. The van der Waals surface area contributed by atoms with Crippen molar-refractivity contribution in [2.45, 2.75) is 31.0 Å². The predicted molar refractivity (Wildman–Crippen MR) is 109 cm³/mol. The molecule has 1 heterocycles. The van der Waals surface area contributed by atoms with Gasteiger partial charge in [0.25, 0.3) is 5.91 Å². The molecule has 0 aliphatic heterocycles. The molecule has 6 heteroatoms. The molecule has 3 rings (SSSR count). The zero-order valence-corrected chi connectivity index (χ0v) is 16.8. The Labute approximate surface area is 167 Å². The number of benzene rings is 2. The van der Waals surface area contributed by atoms with Crippen molar-refractivity contribution in [1.82, 2.24) is 5.32 Å². The van der Waals surface area contributed by atoms with E-state index in [1.807, 2.05) is 62.4 Å². The molecule has 0 aliphatic rings. The third-order valence-electron chi connectivity index (χ3n) is 4.10. The minimum Gasteiger partial charge on any atom is -0.494 e. The summed E-state index contributed by atoms with van der Waals surface area (Å²) in [4.78, 5) is 13.0. The van der Waals surface area contributed by atoms with Crippen LogP contribution in [0, 0.1) is 6.92 Å². The molecule has 1 amide bonds. The highest BCUT2D eigenvalue weighted by atomic mass is 32.2. The van der Waals surface area contributed by atoms with Gasteiger partial charge in [-0.25, -0.2) is 0 Å². The molecular formula is C22H23NO4S. The van der Waals surface area contributed by atoms with E-state index in [9.17, 15) is 9.00 Å². The molecule has 0 fully saturated rings. The predicted octanol–water partition coefficient (Wildman–Crippen LogP) is 4.22. The van der Waals surface area contributed by atoms with Crippen LogP contribution in [0.3, 0.4) is 0 Å². The Hall–Kier alpha value is -2.86. The molecule has 0 spiro atoms. The van der Waals surface area contributed by atoms with Crippen molar-refractivity contribution < 1.29 is 18.2 Å². The van der Waals surface area contributed by atoms with E-state index < -0.39 is 10.8 Å². The minimum absolute atomic E-state index is 0.210. The fraction of sp³-hybridized carbons (Fsp3) is 0.227. The van der Waals surface area contributed by atoms with Crippen molar-refractivity contribution in [3.63, 3.8) is 0 Å². The Kier molecular flexibility index (Phi) is 6.66. The molecule has 1 atom stereocenters. The van der Waals surface area contributed by atoms with Gasteiger partial charge in [-0.1, -0.05) is 24.3 Å².